The smallest absolute Gasteiger partial charge is 0.218 e. The summed E-state index contributed by atoms with van der Waals surface area (Å²) in [5.41, 5.74) is 1.08. The van der Waals surface area contributed by atoms with E-state index in [1.165, 1.54) is 0 Å². The quantitative estimate of drug-likeness (QED) is 0.927. The molecule has 5 heteroatoms. The summed E-state index contributed by atoms with van der Waals surface area (Å²) < 4.78 is 6.37. The number of halogens is 1. The molecule has 1 aliphatic rings. The third kappa shape index (κ3) is 3.54. The molecule has 1 aromatic rings. The Morgan fingerprint density at radius 1 is 1.44 bits per heavy atom. The van der Waals surface area contributed by atoms with E-state index in [1.54, 1.807) is 6.92 Å². The minimum Gasteiger partial charge on any atom is -0.379 e. The van der Waals surface area contributed by atoms with Gasteiger partial charge in [-0.2, -0.15) is 0 Å². The highest BCUT2D eigenvalue weighted by atomic mass is 79.9. The Morgan fingerprint density at radius 3 is 2.78 bits per heavy atom. The van der Waals surface area contributed by atoms with Crippen LogP contribution < -0.4 is 5.32 Å². The Balaban J connectivity index is 2.20. The van der Waals surface area contributed by atoms with Crippen molar-refractivity contribution in [1.29, 1.82) is 0 Å². The number of rotatable bonds is 3. The largest absolute Gasteiger partial charge is 0.379 e. The lowest BCUT2D eigenvalue weighted by Crippen LogP contribution is -2.46. The number of amides is 1. The first-order chi connectivity index (χ1) is 8.66. The molecule has 0 spiro atoms. The fourth-order valence-electron chi connectivity index (χ4n) is 2.09. The highest BCUT2D eigenvalue weighted by molar-refractivity contribution is 9.10. The van der Waals surface area contributed by atoms with E-state index >= 15 is 0 Å². The second kappa shape index (κ2) is 6.31. The molecule has 0 aliphatic carbocycles. The number of ether oxygens (including phenoxy) is 1. The van der Waals surface area contributed by atoms with Crippen molar-refractivity contribution in [2.24, 2.45) is 0 Å². The van der Waals surface area contributed by atoms with E-state index in [0.717, 1.165) is 23.1 Å². The minimum absolute atomic E-state index is 0.0218. The van der Waals surface area contributed by atoms with Gasteiger partial charge in [0.2, 0.25) is 5.91 Å². The molecule has 1 amide bonds. The van der Waals surface area contributed by atoms with E-state index in [2.05, 4.69) is 26.1 Å². The summed E-state index contributed by atoms with van der Waals surface area (Å²) in [6.07, 6.45) is -0.0797. The molecule has 0 radical (unpaired) electrons. The summed E-state index contributed by atoms with van der Waals surface area (Å²) in [5, 5.41) is 3.00. The molecule has 98 valence electrons. The molecule has 0 aromatic heterocycles. The minimum atomic E-state index is -0.0797. The number of morpholine rings is 1. The van der Waals surface area contributed by atoms with E-state index in [9.17, 15) is 4.79 Å². The summed E-state index contributed by atoms with van der Waals surface area (Å²) in [6, 6.07) is 8.03. The fraction of sp³-hybridized carbons (Fsp3) is 0.462. The lowest BCUT2D eigenvalue weighted by Gasteiger charge is -2.35. The Morgan fingerprint density at radius 2 is 2.17 bits per heavy atom. The molecule has 0 bridgehead atoms. The van der Waals surface area contributed by atoms with Crippen LogP contribution in [0.15, 0.2) is 28.7 Å². The van der Waals surface area contributed by atoms with Crippen LogP contribution in [0.5, 0.6) is 0 Å². The molecule has 1 fully saturated rings. The standard InChI is InChI=1S/C13H17BrN2O2/c1-10(17)15-13(16-5-7-18-8-6-16)11-3-2-4-12(14)9-11/h2-4,9,13H,5-8H2,1H3,(H,15,17). The van der Waals surface area contributed by atoms with Crippen molar-refractivity contribution in [2.75, 3.05) is 26.3 Å². The van der Waals surface area contributed by atoms with Gasteiger partial charge >= 0.3 is 0 Å². The number of hydrogen-bond donors (Lipinski definition) is 1. The van der Waals surface area contributed by atoms with Crippen LogP contribution in [0.4, 0.5) is 0 Å². The van der Waals surface area contributed by atoms with Crippen LogP contribution >= 0.6 is 15.9 Å². The Bertz CT molecular complexity index is 419. The van der Waals surface area contributed by atoms with Gasteiger partial charge in [0, 0.05) is 24.5 Å². The van der Waals surface area contributed by atoms with Crippen LogP contribution in [0.25, 0.3) is 0 Å². The van der Waals surface area contributed by atoms with Gasteiger partial charge in [-0.15, -0.1) is 0 Å². The average Bonchev–Trinajstić information content (AvgIpc) is 2.37. The van der Waals surface area contributed by atoms with E-state index in [-0.39, 0.29) is 12.1 Å². The number of benzene rings is 1. The van der Waals surface area contributed by atoms with Gasteiger partial charge < -0.3 is 10.1 Å². The SMILES string of the molecule is CC(=O)NC(c1cccc(Br)c1)N1CCOCC1. The Hall–Kier alpha value is -0.910. The second-order valence-corrected chi connectivity index (χ2v) is 5.22. The molecule has 1 N–H and O–H groups in total. The fourth-order valence-corrected chi connectivity index (χ4v) is 2.51. The van der Waals surface area contributed by atoms with Crippen molar-refractivity contribution < 1.29 is 9.53 Å². The zero-order valence-corrected chi connectivity index (χ0v) is 11.9. The maximum absolute atomic E-state index is 11.4. The topological polar surface area (TPSA) is 41.6 Å². The van der Waals surface area contributed by atoms with Gasteiger partial charge in [0.15, 0.2) is 0 Å². The normalized spacial score (nSPS) is 18.3. The van der Waals surface area contributed by atoms with Gasteiger partial charge in [-0.25, -0.2) is 0 Å². The van der Waals surface area contributed by atoms with Crippen molar-refractivity contribution in [1.82, 2.24) is 10.2 Å². The zero-order chi connectivity index (χ0) is 13.0. The van der Waals surface area contributed by atoms with E-state index in [1.807, 2.05) is 24.3 Å². The molecule has 0 saturated carbocycles. The second-order valence-electron chi connectivity index (χ2n) is 4.31. The molecule has 1 saturated heterocycles. The molecular formula is C13H17BrN2O2. The van der Waals surface area contributed by atoms with Crippen molar-refractivity contribution in [2.45, 2.75) is 13.1 Å². The van der Waals surface area contributed by atoms with Crippen LogP contribution in [0.3, 0.4) is 0 Å². The number of nitrogens with one attached hydrogen (secondary N) is 1. The molecule has 2 rings (SSSR count). The van der Waals surface area contributed by atoms with Crippen molar-refractivity contribution in [3.8, 4) is 0 Å². The Kier molecular flexibility index (Phi) is 4.74. The summed E-state index contributed by atoms with van der Waals surface area (Å²) in [4.78, 5) is 13.6. The predicted octanol–water partition coefficient (Wildman–Crippen LogP) is 1.92. The van der Waals surface area contributed by atoms with E-state index in [4.69, 9.17) is 4.74 Å². The summed E-state index contributed by atoms with van der Waals surface area (Å²) in [7, 11) is 0. The third-order valence-corrected chi connectivity index (χ3v) is 3.41. The van der Waals surface area contributed by atoms with Crippen molar-refractivity contribution >= 4 is 21.8 Å². The summed E-state index contributed by atoms with van der Waals surface area (Å²) >= 11 is 3.46. The third-order valence-electron chi connectivity index (χ3n) is 2.92. The zero-order valence-electron chi connectivity index (χ0n) is 10.4. The van der Waals surface area contributed by atoms with Gasteiger partial charge in [-0.1, -0.05) is 28.1 Å². The maximum atomic E-state index is 11.4. The maximum Gasteiger partial charge on any atom is 0.218 e. The molecular weight excluding hydrogens is 296 g/mol. The van der Waals surface area contributed by atoms with Crippen molar-refractivity contribution in [3.05, 3.63) is 34.3 Å². The number of carbonyl (C=O) groups excluding carboxylic acids is 1. The van der Waals surface area contributed by atoms with Gasteiger partial charge in [-0.05, 0) is 17.7 Å². The number of carbonyl (C=O) groups is 1. The predicted molar refractivity (Wildman–Crippen MR) is 73.1 cm³/mol. The molecule has 1 aliphatic heterocycles. The number of nitrogens with zero attached hydrogens (tertiary/aromatic N) is 1. The molecule has 4 nitrogen and oxygen atoms in total. The van der Waals surface area contributed by atoms with Crippen LogP contribution in [0, 0.1) is 0 Å². The first kappa shape index (κ1) is 13.5. The molecule has 1 heterocycles. The molecule has 1 atom stereocenters. The summed E-state index contributed by atoms with van der Waals surface area (Å²) in [6.45, 7) is 4.63. The number of hydrogen-bond acceptors (Lipinski definition) is 3. The summed E-state index contributed by atoms with van der Waals surface area (Å²) in [5.74, 6) is -0.0218. The average molecular weight is 313 g/mol. The van der Waals surface area contributed by atoms with Gasteiger partial charge in [0.05, 0.1) is 13.2 Å². The van der Waals surface area contributed by atoms with Crippen LogP contribution in [0.2, 0.25) is 0 Å². The lowest BCUT2D eigenvalue weighted by atomic mass is 10.1. The Labute approximate surface area is 115 Å². The van der Waals surface area contributed by atoms with Gasteiger partial charge in [0.1, 0.15) is 6.17 Å². The van der Waals surface area contributed by atoms with Gasteiger partial charge in [0.25, 0.3) is 0 Å². The molecule has 1 aromatic carbocycles. The van der Waals surface area contributed by atoms with E-state index < -0.39 is 0 Å². The monoisotopic (exact) mass is 312 g/mol. The molecule has 1 unspecified atom stereocenters. The first-order valence-electron chi connectivity index (χ1n) is 6.01. The highest BCUT2D eigenvalue weighted by Crippen LogP contribution is 2.22. The van der Waals surface area contributed by atoms with E-state index in [0.29, 0.717) is 13.2 Å². The lowest BCUT2D eigenvalue weighted by molar-refractivity contribution is -0.121. The van der Waals surface area contributed by atoms with Crippen LogP contribution in [-0.2, 0) is 9.53 Å². The van der Waals surface area contributed by atoms with Crippen molar-refractivity contribution in [3.63, 3.8) is 0 Å². The highest BCUT2D eigenvalue weighted by Gasteiger charge is 2.23. The van der Waals surface area contributed by atoms with Gasteiger partial charge in [-0.3, -0.25) is 9.69 Å². The molecule has 18 heavy (non-hydrogen) atoms. The van der Waals surface area contributed by atoms with Crippen LogP contribution in [-0.4, -0.2) is 37.1 Å². The van der Waals surface area contributed by atoms with Crippen LogP contribution in [0.1, 0.15) is 18.7 Å². The first-order valence-corrected chi connectivity index (χ1v) is 6.80.